The zero-order chi connectivity index (χ0) is 17.6. The first-order chi connectivity index (χ1) is 11.4. The Hall–Kier alpha value is -1.22. The predicted octanol–water partition coefficient (Wildman–Crippen LogP) is 0.912. The van der Waals surface area contributed by atoms with Gasteiger partial charge in [-0.05, 0) is 51.4 Å². The minimum atomic E-state index is -3.44. The molecule has 142 valence electrons. The molecule has 1 fully saturated rings. The van der Waals surface area contributed by atoms with Crippen molar-refractivity contribution in [1.29, 1.82) is 0 Å². The molecule has 2 heterocycles. The number of nitrogens with zero attached hydrogens (tertiary/aromatic N) is 2. The van der Waals surface area contributed by atoms with E-state index in [2.05, 4.69) is 15.0 Å². The van der Waals surface area contributed by atoms with Gasteiger partial charge in [-0.1, -0.05) is 6.07 Å². The number of amides is 1. The van der Waals surface area contributed by atoms with Gasteiger partial charge < -0.3 is 10.2 Å². The number of rotatable bonds is 6. The van der Waals surface area contributed by atoms with Gasteiger partial charge in [-0.3, -0.25) is 9.78 Å². The number of pyridine rings is 1. The second-order valence-electron chi connectivity index (χ2n) is 6.23. The van der Waals surface area contributed by atoms with E-state index in [4.69, 9.17) is 0 Å². The largest absolute Gasteiger partial charge is 0.332 e. The third-order valence-corrected chi connectivity index (χ3v) is 4.87. The molecule has 2 rings (SSSR count). The van der Waals surface area contributed by atoms with Gasteiger partial charge in [-0.25, -0.2) is 13.1 Å². The summed E-state index contributed by atoms with van der Waals surface area (Å²) < 4.78 is 25.3. The molecule has 1 aliphatic heterocycles. The van der Waals surface area contributed by atoms with E-state index in [1.54, 1.807) is 18.0 Å². The van der Waals surface area contributed by atoms with E-state index in [0.717, 1.165) is 44.3 Å². The van der Waals surface area contributed by atoms with Crippen molar-refractivity contribution in [2.24, 2.45) is 0 Å². The summed E-state index contributed by atoms with van der Waals surface area (Å²) in [6.07, 6.45) is 5.51. The SMILES string of the molecule is CC(NS(C)(=O)=O)C(=O)N(Cc1ccccn1)C1CCCNCC1.Cl. The van der Waals surface area contributed by atoms with Crippen LogP contribution in [0, 0.1) is 0 Å². The number of hydrogen-bond acceptors (Lipinski definition) is 5. The average molecular weight is 391 g/mol. The molecule has 0 aromatic carbocycles. The summed E-state index contributed by atoms with van der Waals surface area (Å²) in [5.74, 6) is -0.210. The van der Waals surface area contributed by atoms with Crippen molar-refractivity contribution in [3.63, 3.8) is 0 Å². The molecule has 1 aromatic rings. The maximum Gasteiger partial charge on any atom is 0.241 e. The van der Waals surface area contributed by atoms with Crippen LogP contribution in [-0.4, -0.2) is 55.6 Å². The summed E-state index contributed by atoms with van der Waals surface area (Å²) in [5.41, 5.74) is 0.801. The third kappa shape index (κ3) is 7.27. The molecule has 0 aliphatic carbocycles. The maximum atomic E-state index is 12.9. The fourth-order valence-electron chi connectivity index (χ4n) is 2.99. The number of hydrogen-bond donors (Lipinski definition) is 2. The first-order valence-electron chi connectivity index (χ1n) is 8.25. The maximum absolute atomic E-state index is 12.9. The predicted molar refractivity (Wildman–Crippen MR) is 100.0 cm³/mol. The van der Waals surface area contributed by atoms with Crippen LogP contribution in [0.2, 0.25) is 0 Å². The molecule has 7 nitrogen and oxygen atoms in total. The number of carbonyl (C=O) groups is 1. The normalized spacial score (nSPS) is 19.4. The van der Waals surface area contributed by atoms with Gasteiger partial charge in [-0.15, -0.1) is 12.4 Å². The van der Waals surface area contributed by atoms with Crippen molar-refractivity contribution in [1.82, 2.24) is 19.9 Å². The van der Waals surface area contributed by atoms with Gasteiger partial charge in [0.15, 0.2) is 0 Å². The molecule has 2 N–H and O–H groups in total. The molecule has 9 heteroatoms. The van der Waals surface area contributed by atoms with Crippen LogP contribution in [-0.2, 0) is 21.4 Å². The van der Waals surface area contributed by atoms with Crippen molar-refractivity contribution >= 4 is 28.3 Å². The van der Waals surface area contributed by atoms with Gasteiger partial charge in [0.05, 0.1) is 24.5 Å². The Morgan fingerprint density at radius 1 is 1.40 bits per heavy atom. The first kappa shape index (κ1) is 21.8. The first-order valence-corrected chi connectivity index (χ1v) is 10.1. The molecule has 25 heavy (non-hydrogen) atoms. The summed E-state index contributed by atoms with van der Waals surface area (Å²) in [4.78, 5) is 19.0. The molecule has 1 aromatic heterocycles. The van der Waals surface area contributed by atoms with E-state index < -0.39 is 16.1 Å². The van der Waals surface area contributed by atoms with Crippen LogP contribution < -0.4 is 10.0 Å². The second kappa shape index (κ2) is 10.1. The number of nitrogens with one attached hydrogen (secondary N) is 2. The second-order valence-corrected chi connectivity index (χ2v) is 8.01. The molecule has 0 spiro atoms. The van der Waals surface area contributed by atoms with Crippen molar-refractivity contribution in [2.75, 3.05) is 19.3 Å². The molecule has 1 aliphatic rings. The number of aromatic nitrogens is 1. The lowest BCUT2D eigenvalue weighted by Gasteiger charge is -2.33. The molecule has 0 radical (unpaired) electrons. The van der Waals surface area contributed by atoms with Crippen LogP contribution in [0.15, 0.2) is 24.4 Å². The number of carbonyl (C=O) groups excluding carboxylic acids is 1. The topological polar surface area (TPSA) is 91.4 Å². The Labute approximate surface area is 156 Å². The summed E-state index contributed by atoms with van der Waals surface area (Å²) in [7, 11) is -3.44. The van der Waals surface area contributed by atoms with Crippen LogP contribution in [0.5, 0.6) is 0 Å². The Kier molecular flexibility index (Phi) is 8.78. The zero-order valence-electron chi connectivity index (χ0n) is 14.6. The van der Waals surface area contributed by atoms with E-state index in [-0.39, 0.29) is 24.4 Å². The highest BCUT2D eigenvalue weighted by molar-refractivity contribution is 7.88. The molecule has 1 saturated heterocycles. The minimum Gasteiger partial charge on any atom is -0.332 e. The van der Waals surface area contributed by atoms with Crippen molar-refractivity contribution < 1.29 is 13.2 Å². The summed E-state index contributed by atoms with van der Waals surface area (Å²) in [5, 5.41) is 3.34. The number of sulfonamides is 1. The van der Waals surface area contributed by atoms with E-state index in [9.17, 15) is 13.2 Å². The van der Waals surface area contributed by atoms with E-state index in [0.29, 0.717) is 6.54 Å². The Morgan fingerprint density at radius 3 is 2.80 bits per heavy atom. The molecule has 0 bridgehead atoms. The smallest absolute Gasteiger partial charge is 0.241 e. The fourth-order valence-corrected chi connectivity index (χ4v) is 3.73. The molecular weight excluding hydrogens is 364 g/mol. The fraction of sp³-hybridized carbons (Fsp3) is 0.625. The minimum absolute atomic E-state index is 0. The Morgan fingerprint density at radius 2 is 2.16 bits per heavy atom. The van der Waals surface area contributed by atoms with E-state index >= 15 is 0 Å². The number of halogens is 1. The lowest BCUT2D eigenvalue weighted by Crippen LogP contribution is -2.50. The van der Waals surface area contributed by atoms with E-state index in [1.165, 1.54) is 0 Å². The third-order valence-electron chi connectivity index (χ3n) is 4.09. The Bertz CT molecular complexity index is 634. The van der Waals surface area contributed by atoms with Crippen molar-refractivity contribution in [3.8, 4) is 0 Å². The van der Waals surface area contributed by atoms with Gasteiger partial charge in [-0.2, -0.15) is 0 Å². The zero-order valence-corrected chi connectivity index (χ0v) is 16.3. The molecule has 2 unspecified atom stereocenters. The van der Waals surface area contributed by atoms with Gasteiger partial charge in [0.2, 0.25) is 15.9 Å². The lowest BCUT2D eigenvalue weighted by molar-refractivity contribution is -0.136. The standard InChI is InChI=1S/C16H26N4O3S.ClH/c1-13(19-24(2,22)23)16(21)20(12-14-6-3-4-10-18-14)15-7-5-9-17-11-8-15;/h3-4,6,10,13,15,17,19H,5,7-9,11-12H2,1-2H3;1H. The van der Waals surface area contributed by atoms with Crippen molar-refractivity contribution in [3.05, 3.63) is 30.1 Å². The van der Waals surface area contributed by atoms with Gasteiger partial charge in [0.25, 0.3) is 0 Å². The average Bonchev–Trinajstić information content (AvgIpc) is 2.80. The van der Waals surface area contributed by atoms with Crippen LogP contribution >= 0.6 is 12.4 Å². The summed E-state index contributed by atoms with van der Waals surface area (Å²) in [6.45, 7) is 3.77. The molecule has 0 saturated carbocycles. The molecular formula is C16H27ClN4O3S. The van der Waals surface area contributed by atoms with Crippen LogP contribution in [0.3, 0.4) is 0 Å². The summed E-state index contributed by atoms with van der Waals surface area (Å²) >= 11 is 0. The van der Waals surface area contributed by atoms with Gasteiger partial charge >= 0.3 is 0 Å². The monoisotopic (exact) mass is 390 g/mol. The molecule has 1 amide bonds. The van der Waals surface area contributed by atoms with Crippen LogP contribution in [0.1, 0.15) is 31.9 Å². The van der Waals surface area contributed by atoms with E-state index in [1.807, 2.05) is 18.2 Å². The van der Waals surface area contributed by atoms with Crippen molar-refractivity contribution in [2.45, 2.75) is 44.8 Å². The quantitative estimate of drug-likeness (QED) is 0.753. The molecule has 2 atom stereocenters. The van der Waals surface area contributed by atoms with Gasteiger partial charge in [0, 0.05) is 12.2 Å². The lowest BCUT2D eigenvalue weighted by atomic mass is 10.1. The highest BCUT2D eigenvalue weighted by atomic mass is 35.5. The highest BCUT2D eigenvalue weighted by Gasteiger charge is 2.29. The Balaban J connectivity index is 0.00000312. The van der Waals surface area contributed by atoms with Crippen LogP contribution in [0.4, 0.5) is 0 Å². The van der Waals surface area contributed by atoms with Crippen LogP contribution in [0.25, 0.3) is 0 Å². The van der Waals surface area contributed by atoms with Gasteiger partial charge in [0.1, 0.15) is 0 Å². The highest BCUT2D eigenvalue weighted by Crippen LogP contribution is 2.17. The summed E-state index contributed by atoms with van der Waals surface area (Å²) in [6, 6.07) is 4.89.